The SMILES string of the molecule is Cc1cc(N(C)C(C)C2CC2)c(C(=N)N)c(C)n1. The van der Waals surface area contributed by atoms with E-state index >= 15 is 0 Å². The summed E-state index contributed by atoms with van der Waals surface area (Å²) >= 11 is 0. The normalized spacial score (nSPS) is 16.4. The largest absolute Gasteiger partial charge is 0.384 e. The second-order valence-electron chi connectivity index (χ2n) is 5.35. The molecule has 1 heterocycles. The van der Waals surface area contributed by atoms with Gasteiger partial charge in [0.05, 0.1) is 16.9 Å². The molecule has 1 aliphatic rings. The summed E-state index contributed by atoms with van der Waals surface area (Å²) in [6, 6.07) is 2.52. The zero-order chi connectivity index (χ0) is 13.4. The van der Waals surface area contributed by atoms with Gasteiger partial charge in [-0.3, -0.25) is 10.4 Å². The van der Waals surface area contributed by atoms with E-state index in [1.807, 2.05) is 19.9 Å². The minimum absolute atomic E-state index is 0.102. The van der Waals surface area contributed by atoms with Gasteiger partial charge in [-0.25, -0.2) is 0 Å². The summed E-state index contributed by atoms with van der Waals surface area (Å²) in [4.78, 5) is 6.66. The predicted octanol–water partition coefficient (Wildman–Crippen LogP) is 2.22. The van der Waals surface area contributed by atoms with Crippen LogP contribution >= 0.6 is 0 Å². The van der Waals surface area contributed by atoms with Gasteiger partial charge in [-0.2, -0.15) is 0 Å². The molecule has 1 atom stereocenters. The summed E-state index contributed by atoms with van der Waals surface area (Å²) in [7, 11) is 2.09. The van der Waals surface area contributed by atoms with Gasteiger partial charge in [0.15, 0.2) is 0 Å². The van der Waals surface area contributed by atoms with E-state index < -0.39 is 0 Å². The Kier molecular flexibility index (Phi) is 3.28. The lowest BCUT2D eigenvalue weighted by molar-refractivity contribution is 0.608. The van der Waals surface area contributed by atoms with Gasteiger partial charge in [0.2, 0.25) is 0 Å². The van der Waals surface area contributed by atoms with Crippen molar-refractivity contribution in [2.75, 3.05) is 11.9 Å². The molecule has 0 radical (unpaired) electrons. The molecule has 0 bridgehead atoms. The summed E-state index contributed by atoms with van der Waals surface area (Å²) in [6.07, 6.45) is 2.62. The number of aryl methyl sites for hydroxylation is 2. The summed E-state index contributed by atoms with van der Waals surface area (Å²) in [6.45, 7) is 6.14. The molecule has 1 aromatic heterocycles. The second kappa shape index (κ2) is 4.59. The molecule has 4 heteroatoms. The smallest absolute Gasteiger partial charge is 0.126 e. The van der Waals surface area contributed by atoms with E-state index in [2.05, 4.69) is 23.9 Å². The van der Waals surface area contributed by atoms with E-state index in [9.17, 15) is 0 Å². The number of nitrogen functional groups attached to an aromatic ring is 1. The molecule has 0 amide bonds. The van der Waals surface area contributed by atoms with Gasteiger partial charge >= 0.3 is 0 Å². The molecule has 0 aromatic carbocycles. The van der Waals surface area contributed by atoms with Crippen molar-refractivity contribution in [3.05, 3.63) is 23.0 Å². The number of nitrogens with two attached hydrogens (primary N) is 1. The highest BCUT2D eigenvalue weighted by atomic mass is 15.1. The highest BCUT2D eigenvalue weighted by Gasteiger charge is 2.31. The summed E-state index contributed by atoms with van der Waals surface area (Å²) in [5, 5.41) is 7.76. The number of hydrogen-bond acceptors (Lipinski definition) is 3. The number of aromatic nitrogens is 1. The van der Waals surface area contributed by atoms with Crippen molar-refractivity contribution in [2.24, 2.45) is 11.7 Å². The molecule has 18 heavy (non-hydrogen) atoms. The van der Waals surface area contributed by atoms with Gasteiger partial charge in [-0.15, -0.1) is 0 Å². The number of hydrogen-bond donors (Lipinski definition) is 2. The molecule has 0 spiro atoms. The fourth-order valence-corrected chi connectivity index (χ4v) is 2.53. The van der Waals surface area contributed by atoms with Crippen LogP contribution in [0.25, 0.3) is 0 Å². The number of anilines is 1. The third-order valence-electron chi connectivity index (χ3n) is 3.87. The Morgan fingerprint density at radius 1 is 1.50 bits per heavy atom. The average molecular weight is 246 g/mol. The third-order valence-corrected chi connectivity index (χ3v) is 3.87. The van der Waals surface area contributed by atoms with E-state index in [0.29, 0.717) is 6.04 Å². The van der Waals surface area contributed by atoms with Crippen molar-refractivity contribution in [1.29, 1.82) is 5.41 Å². The van der Waals surface area contributed by atoms with Crippen LogP contribution in [0.1, 0.15) is 36.7 Å². The number of amidine groups is 1. The van der Waals surface area contributed by atoms with E-state index in [1.54, 1.807) is 0 Å². The quantitative estimate of drug-likeness (QED) is 0.632. The van der Waals surface area contributed by atoms with Crippen LogP contribution in [-0.4, -0.2) is 23.9 Å². The third kappa shape index (κ3) is 2.33. The van der Waals surface area contributed by atoms with Crippen LogP contribution < -0.4 is 10.6 Å². The Balaban J connectivity index is 2.44. The van der Waals surface area contributed by atoms with Gasteiger partial charge < -0.3 is 10.6 Å². The first-order valence-electron chi connectivity index (χ1n) is 6.47. The lowest BCUT2D eigenvalue weighted by Crippen LogP contribution is -2.33. The zero-order valence-corrected chi connectivity index (χ0v) is 11.6. The first kappa shape index (κ1) is 12.9. The Bertz CT molecular complexity index is 477. The van der Waals surface area contributed by atoms with Gasteiger partial charge in [0.25, 0.3) is 0 Å². The fourth-order valence-electron chi connectivity index (χ4n) is 2.53. The highest BCUT2D eigenvalue weighted by molar-refractivity contribution is 6.01. The fraction of sp³-hybridized carbons (Fsp3) is 0.571. The lowest BCUT2D eigenvalue weighted by atomic mass is 10.1. The van der Waals surface area contributed by atoms with Crippen molar-refractivity contribution in [3.8, 4) is 0 Å². The second-order valence-corrected chi connectivity index (χ2v) is 5.35. The predicted molar refractivity (Wildman–Crippen MR) is 75.3 cm³/mol. The minimum atomic E-state index is 0.102. The molecular formula is C14H22N4. The molecule has 1 aliphatic carbocycles. The number of nitrogens with one attached hydrogen (secondary N) is 1. The Morgan fingerprint density at radius 2 is 2.11 bits per heavy atom. The van der Waals surface area contributed by atoms with Gasteiger partial charge in [-0.05, 0) is 45.6 Å². The van der Waals surface area contributed by atoms with Crippen molar-refractivity contribution in [3.63, 3.8) is 0 Å². The first-order valence-corrected chi connectivity index (χ1v) is 6.47. The molecule has 1 aromatic rings. The lowest BCUT2D eigenvalue weighted by Gasteiger charge is -2.29. The average Bonchev–Trinajstić information content (AvgIpc) is 3.08. The standard InChI is InChI=1S/C14H22N4/c1-8-7-12(13(14(15)16)9(2)17-8)18(4)10(3)11-5-6-11/h7,10-11H,5-6H2,1-4H3,(H3,15,16). The van der Waals surface area contributed by atoms with Crippen LogP contribution in [0.3, 0.4) is 0 Å². The van der Waals surface area contributed by atoms with Crippen molar-refractivity contribution in [2.45, 2.75) is 39.7 Å². The molecule has 98 valence electrons. The molecule has 0 aliphatic heterocycles. The molecule has 2 rings (SSSR count). The summed E-state index contributed by atoms with van der Waals surface area (Å²) in [5.41, 5.74) is 9.33. The van der Waals surface area contributed by atoms with E-state index in [1.165, 1.54) is 12.8 Å². The van der Waals surface area contributed by atoms with Crippen molar-refractivity contribution < 1.29 is 0 Å². The maximum Gasteiger partial charge on any atom is 0.126 e. The number of rotatable bonds is 4. The summed E-state index contributed by atoms with van der Waals surface area (Å²) in [5.74, 6) is 0.883. The summed E-state index contributed by atoms with van der Waals surface area (Å²) < 4.78 is 0. The van der Waals surface area contributed by atoms with Crippen LogP contribution in [0.5, 0.6) is 0 Å². The Morgan fingerprint density at radius 3 is 2.61 bits per heavy atom. The van der Waals surface area contributed by atoms with Crippen molar-refractivity contribution in [1.82, 2.24) is 4.98 Å². The topological polar surface area (TPSA) is 66.0 Å². The van der Waals surface area contributed by atoms with Crippen LogP contribution in [-0.2, 0) is 0 Å². The maximum atomic E-state index is 7.76. The van der Waals surface area contributed by atoms with Crippen molar-refractivity contribution >= 4 is 11.5 Å². The first-order chi connectivity index (χ1) is 8.41. The monoisotopic (exact) mass is 246 g/mol. The van der Waals surface area contributed by atoms with E-state index in [4.69, 9.17) is 11.1 Å². The molecule has 0 saturated heterocycles. The van der Waals surface area contributed by atoms with Crippen LogP contribution in [0.15, 0.2) is 6.07 Å². The van der Waals surface area contributed by atoms with Crippen LogP contribution in [0.4, 0.5) is 5.69 Å². The van der Waals surface area contributed by atoms with Crippen LogP contribution in [0, 0.1) is 25.2 Å². The Labute approximate surface area is 109 Å². The van der Waals surface area contributed by atoms with Gasteiger partial charge in [0, 0.05) is 18.8 Å². The molecular weight excluding hydrogens is 224 g/mol. The van der Waals surface area contributed by atoms with Crippen LogP contribution in [0.2, 0.25) is 0 Å². The minimum Gasteiger partial charge on any atom is -0.384 e. The molecule has 4 nitrogen and oxygen atoms in total. The van der Waals surface area contributed by atoms with E-state index in [-0.39, 0.29) is 5.84 Å². The maximum absolute atomic E-state index is 7.76. The Hall–Kier alpha value is -1.58. The molecule has 1 saturated carbocycles. The molecule has 1 fully saturated rings. The highest BCUT2D eigenvalue weighted by Crippen LogP contribution is 2.37. The van der Waals surface area contributed by atoms with Gasteiger partial charge in [0.1, 0.15) is 5.84 Å². The van der Waals surface area contributed by atoms with E-state index in [0.717, 1.165) is 28.6 Å². The van der Waals surface area contributed by atoms with Gasteiger partial charge in [-0.1, -0.05) is 0 Å². The molecule has 3 N–H and O–H groups in total. The molecule has 1 unspecified atom stereocenters. The number of pyridine rings is 1. The zero-order valence-electron chi connectivity index (χ0n) is 11.6. The number of nitrogens with zero attached hydrogens (tertiary/aromatic N) is 2.